The zero-order valence-corrected chi connectivity index (χ0v) is 15.1. The molecule has 0 fully saturated rings. The van der Waals surface area contributed by atoms with Crippen molar-refractivity contribution < 1.29 is 13.2 Å². The Hall–Kier alpha value is -2.67. The van der Waals surface area contributed by atoms with Crippen LogP contribution in [0.2, 0.25) is 0 Å². The van der Waals surface area contributed by atoms with Gasteiger partial charge in [0.05, 0.1) is 11.4 Å². The summed E-state index contributed by atoms with van der Waals surface area (Å²) in [6, 6.07) is 16.8. The maximum atomic E-state index is 12.0. The van der Waals surface area contributed by atoms with Gasteiger partial charge in [0.1, 0.15) is 5.84 Å². The Bertz CT molecular complexity index is 909. The fraction of sp³-hybridized carbons (Fsp3) is 0.263. The van der Waals surface area contributed by atoms with Crippen LogP contribution in [0.4, 0.5) is 0 Å². The highest BCUT2D eigenvalue weighted by atomic mass is 32.2. The lowest BCUT2D eigenvalue weighted by Gasteiger charge is -2.05. The van der Waals surface area contributed by atoms with E-state index in [0.29, 0.717) is 17.9 Å². The molecule has 1 aliphatic heterocycles. The number of carbonyl (C=O) groups is 1. The van der Waals surface area contributed by atoms with Crippen LogP contribution in [0, 0.1) is 0 Å². The molecule has 136 valence electrons. The molecule has 0 saturated heterocycles. The average Bonchev–Trinajstić information content (AvgIpc) is 2.91. The summed E-state index contributed by atoms with van der Waals surface area (Å²) < 4.78 is 26.4. The fourth-order valence-electron chi connectivity index (χ4n) is 2.77. The molecule has 1 heterocycles. The average molecular weight is 371 g/mol. The van der Waals surface area contributed by atoms with Crippen molar-refractivity contribution in [1.82, 2.24) is 10.0 Å². The van der Waals surface area contributed by atoms with E-state index in [4.69, 9.17) is 0 Å². The predicted octanol–water partition coefficient (Wildman–Crippen LogP) is 1.86. The first kappa shape index (κ1) is 18.1. The van der Waals surface area contributed by atoms with Crippen LogP contribution in [-0.4, -0.2) is 33.3 Å². The summed E-state index contributed by atoms with van der Waals surface area (Å²) in [4.78, 5) is 16.3. The number of fused-ring (bicyclic) bond motifs is 1. The Morgan fingerprint density at radius 2 is 1.77 bits per heavy atom. The van der Waals surface area contributed by atoms with Crippen molar-refractivity contribution in [2.24, 2.45) is 4.99 Å². The van der Waals surface area contributed by atoms with Crippen molar-refractivity contribution in [1.29, 1.82) is 0 Å². The van der Waals surface area contributed by atoms with Gasteiger partial charge in [0.25, 0.3) is 10.0 Å². The van der Waals surface area contributed by atoms with Crippen LogP contribution in [0.15, 0.2) is 64.5 Å². The second kappa shape index (κ2) is 8.14. The smallest absolute Gasteiger partial charge is 0.263 e. The third-order valence-electron chi connectivity index (χ3n) is 4.08. The van der Waals surface area contributed by atoms with E-state index >= 15 is 0 Å². The van der Waals surface area contributed by atoms with Gasteiger partial charge in [-0.1, -0.05) is 42.5 Å². The Labute approximate surface area is 153 Å². The summed E-state index contributed by atoms with van der Waals surface area (Å²) in [5.74, 6) is 0.217. The van der Waals surface area contributed by atoms with Gasteiger partial charge in [-0.05, 0) is 30.5 Å². The quantitative estimate of drug-likeness (QED) is 0.728. The monoisotopic (exact) mass is 371 g/mol. The largest absolute Gasteiger partial charge is 0.356 e. The maximum absolute atomic E-state index is 12.0. The molecule has 0 aromatic heterocycles. The maximum Gasteiger partial charge on any atom is 0.263 e. The fourth-order valence-corrected chi connectivity index (χ4v) is 4.02. The molecular formula is C19H21N3O3S. The second-order valence-electron chi connectivity index (χ2n) is 6.02. The molecule has 0 atom stereocenters. The van der Waals surface area contributed by atoms with E-state index in [-0.39, 0.29) is 23.8 Å². The summed E-state index contributed by atoms with van der Waals surface area (Å²) in [7, 11) is -3.53. The van der Waals surface area contributed by atoms with Crippen LogP contribution in [0.3, 0.4) is 0 Å². The Morgan fingerprint density at radius 3 is 2.58 bits per heavy atom. The molecule has 2 N–H and O–H groups in total. The van der Waals surface area contributed by atoms with Crippen LogP contribution in [0.5, 0.6) is 0 Å². The molecule has 0 bridgehead atoms. The Kier molecular flexibility index (Phi) is 5.68. The van der Waals surface area contributed by atoms with Gasteiger partial charge in [-0.2, -0.15) is 0 Å². The molecule has 2 aromatic carbocycles. The molecule has 26 heavy (non-hydrogen) atoms. The Balaban J connectivity index is 1.43. The number of hydrogen-bond donors (Lipinski definition) is 2. The summed E-state index contributed by atoms with van der Waals surface area (Å²) in [6.07, 6.45) is 2.01. The van der Waals surface area contributed by atoms with Crippen molar-refractivity contribution in [2.75, 3.05) is 13.1 Å². The van der Waals surface area contributed by atoms with E-state index in [2.05, 4.69) is 27.2 Å². The molecule has 3 rings (SSSR count). The number of aliphatic imine (C=N–C) groups is 1. The first-order valence-corrected chi connectivity index (χ1v) is 10.0. The molecule has 0 saturated carbocycles. The first-order valence-electron chi connectivity index (χ1n) is 8.53. The highest BCUT2D eigenvalue weighted by molar-refractivity contribution is 7.90. The minimum absolute atomic E-state index is 0.0865. The highest BCUT2D eigenvalue weighted by Crippen LogP contribution is 2.22. The number of amidine groups is 1. The lowest BCUT2D eigenvalue weighted by atomic mass is 10.1. The van der Waals surface area contributed by atoms with Crippen LogP contribution < -0.4 is 10.0 Å². The van der Waals surface area contributed by atoms with Crippen LogP contribution in [-0.2, 0) is 21.2 Å². The number of benzene rings is 2. The van der Waals surface area contributed by atoms with E-state index in [1.54, 1.807) is 24.3 Å². The topological polar surface area (TPSA) is 87.6 Å². The first-order chi connectivity index (χ1) is 12.6. The third kappa shape index (κ3) is 4.49. The SMILES string of the molecule is O=C(CCN=C1NS(=O)(=O)c2ccccc21)NCCCc1ccccc1. The number of sulfonamides is 1. The van der Waals surface area contributed by atoms with Crippen molar-refractivity contribution in [3.05, 3.63) is 65.7 Å². The number of hydrogen-bond acceptors (Lipinski definition) is 4. The molecule has 0 unspecified atom stereocenters. The summed E-state index contributed by atoms with van der Waals surface area (Å²) in [5, 5.41) is 2.87. The minimum Gasteiger partial charge on any atom is -0.356 e. The zero-order valence-electron chi connectivity index (χ0n) is 14.3. The minimum atomic E-state index is -3.53. The van der Waals surface area contributed by atoms with Gasteiger partial charge in [0.2, 0.25) is 5.91 Å². The van der Waals surface area contributed by atoms with Gasteiger partial charge >= 0.3 is 0 Å². The number of rotatable bonds is 7. The van der Waals surface area contributed by atoms with E-state index in [9.17, 15) is 13.2 Å². The van der Waals surface area contributed by atoms with Gasteiger partial charge < -0.3 is 5.32 Å². The van der Waals surface area contributed by atoms with Gasteiger partial charge in [-0.15, -0.1) is 0 Å². The molecule has 1 amide bonds. The third-order valence-corrected chi connectivity index (χ3v) is 5.48. The van der Waals surface area contributed by atoms with Crippen LogP contribution >= 0.6 is 0 Å². The molecule has 0 radical (unpaired) electrons. The second-order valence-corrected chi connectivity index (χ2v) is 7.67. The molecule has 7 heteroatoms. The molecule has 0 spiro atoms. The molecule has 0 aliphatic carbocycles. The van der Waals surface area contributed by atoms with Crippen LogP contribution in [0.1, 0.15) is 24.0 Å². The number of nitrogens with zero attached hydrogens (tertiary/aromatic N) is 1. The van der Waals surface area contributed by atoms with E-state index in [0.717, 1.165) is 12.8 Å². The van der Waals surface area contributed by atoms with E-state index in [1.807, 2.05) is 18.2 Å². The number of aryl methyl sites for hydroxylation is 1. The number of nitrogens with one attached hydrogen (secondary N) is 2. The van der Waals surface area contributed by atoms with Gasteiger partial charge in [-0.3, -0.25) is 14.5 Å². The summed E-state index contributed by atoms with van der Waals surface area (Å²) in [5.41, 5.74) is 1.80. The molecule has 2 aromatic rings. The standard InChI is InChI=1S/C19H21N3O3S/c23-18(20-13-6-9-15-7-2-1-3-8-15)12-14-21-19-16-10-4-5-11-17(16)26(24,25)22-19/h1-5,7-8,10-11H,6,9,12-14H2,(H,20,23)(H,21,22). The van der Waals surface area contributed by atoms with Gasteiger partial charge in [-0.25, -0.2) is 8.42 Å². The predicted molar refractivity (Wildman–Crippen MR) is 101 cm³/mol. The Morgan fingerprint density at radius 1 is 1.04 bits per heavy atom. The molecule has 6 nitrogen and oxygen atoms in total. The number of carbonyl (C=O) groups excluding carboxylic acids is 1. The van der Waals surface area contributed by atoms with Crippen molar-refractivity contribution in [2.45, 2.75) is 24.2 Å². The van der Waals surface area contributed by atoms with Gasteiger partial charge in [0.15, 0.2) is 0 Å². The van der Waals surface area contributed by atoms with E-state index in [1.165, 1.54) is 5.56 Å². The summed E-state index contributed by atoms with van der Waals surface area (Å²) >= 11 is 0. The summed E-state index contributed by atoms with van der Waals surface area (Å²) in [6.45, 7) is 0.844. The van der Waals surface area contributed by atoms with Crippen molar-refractivity contribution in [3.8, 4) is 0 Å². The van der Waals surface area contributed by atoms with Crippen molar-refractivity contribution in [3.63, 3.8) is 0 Å². The lowest BCUT2D eigenvalue weighted by Crippen LogP contribution is -2.26. The van der Waals surface area contributed by atoms with Gasteiger partial charge in [0, 0.05) is 18.5 Å². The molecule has 1 aliphatic rings. The highest BCUT2D eigenvalue weighted by Gasteiger charge is 2.29. The van der Waals surface area contributed by atoms with Crippen molar-refractivity contribution >= 4 is 21.8 Å². The number of amides is 1. The normalized spacial score (nSPS) is 16.1. The molecular weight excluding hydrogens is 350 g/mol. The van der Waals surface area contributed by atoms with Crippen LogP contribution in [0.25, 0.3) is 0 Å². The lowest BCUT2D eigenvalue weighted by molar-refractivity contribution is -0.120. The zero-order chi connectivity index (χ0) is 18.4. The van der Waals surface area contributed by atoms with E-state index < -0.39 is 10.0 Å².